The lowest BCUT2D eigenvalue weighted by molar-refractivity contribution is -0.122. The fourth-order valence-electron chi connectivity index (χ4n) is 3.17. The molecule has 6 heteroatoms. The Morgan fingerprint density at radius 2 is 1.55 bits per heavy atom. The summed E-state index contributed by atoms with van der Waals surface area (Å²) < 4.78 is 2.41. The van der Waals surface area contributed by atoms with Crippen molar-refractivity contribution in [1.29, 1.82) is 0 Å². The molecule has 0 saturated heterocycles. The van der Waals surface area contributed by atoms with E-state index in [2.05, 4.69) is 5.32 Å². The molecule has 3 aromatic rings. The average molecular weight is 391 g/mol. The largest absolute Gasteiger partial charge is 0.352 e. The van der Waals surface area contributed by atoms with Crippen molar-refractivity contribution < 1.29 is 4.79 Å². The molecule has 0 fully saturated rings. The predicted molar refractivity (Wildman–Crippen MR) is 113 cm³/mol. The van der Waals surface area contributed by atoms with Gasteiger partial charge in [0.2, 0.25) is 5.91 Å². The monoisotopic (exact) mass is 391 g/mol. The minimum absolute atomic E-state index is 0.0614. The van der Waals surface area contributed by atoms with Crippen LogP contribution in [-0.2, 0) is 24.3 Å². The highest BCUT2D eigenvalue weighted by molar-refractivity contribution is 5.75. The number of aryl methyl sites for hydroxylation is 1. The number of benzene rings is 2. The quantitative estimate of drug-likeness (QED) is 0.640. The lowest BCUT2D eigenvalue weighted by Gasteiger charge is -2.15. The van der Waals surface area contributed by atoms with Gasteiger partial charge in [-0.05, 0) is 30.9 Å². The van der Waals surface area contributed by atoms with E-state index in [-0.39, 0.29) is 18.5 Å². The zero-order chi connectivity index (χ0) is 20.6. The molecule has 0 bridgehead atoms. The first-order valence-electron chi connectivity index (χ1n) is 9.70. The number of hydrogen-bond donors (Lipinski definition) is 1. The number of nitrogens with one attached hydrogen (secondary N) is 1. The summed E-state index contributed by atoms with van der Waals surface area (Å²) in [5.74, 6) is -0.345. The second-order valence-electron chi connectivity index (χ2n) is 7.13. The second kappa shape index (κ2) is 9.68. The van der Waals surface area contributed by atoms with Gasteiger partial charge >= 0.3 is 5.69 Å². The normalized spacial score (nSPS) is 11.8. The highest BCUT2D eigenvalue weighted by Gasteiger charge is 2.12. The summed E-state index contributed by atoms with van der Waals surface area (Å²) in [5, 5.41) is 2.88. The average Bonchev–Trinajstić information content (AvgIpc) is 2.73. The van der Waals surface area contributed by atoms with Crippen molar-refractivity contribution in [3.05, 3.63) is 105 Å². The van der Waals surface area contributed by atoms with Crippen LogP contribution in [0, 0.1) is 0 Å². The van der Waals surface area contributed by atoms with E-state index in [0.29, 0.717) is 6.54 Å². The van der Waals surface area contributed by atoms with E-state index in [9.17, 15) is 14.4 Å². The minimum atomic E-state index is -0.492. The van der Waals surface area contributed by atoms with Crippen LogP contribution in [0.25, 0.3) is 0 Å². The Balaban J connectivity index is 1.62. The van der Waals surface area contributed by atoms with E-state index in [1.165, 1.54) is 22.4 Å². The van der Waals surface area contributed by atoms with Crippen LogP contribution in [0.4, 0.5) is 0 Å². The third-order valence-corrected chi connectivity index (χ3v) is 4.75. The topological polar surface area (TPSA) is 73.1 Å². The Hall–Kier alpha value is -3.41. The van der Waals surface area contributed by atoms with Crippen molar-refractivity contribution >= 4 is 5.91 Å². The first-order chi connectivity index (χ1) is 14.0. The van der Waals surface area contributed by atoms with Gasteiger partial charge in [-0.3, -0.25) is 18.7 Å². The smallest absolute Gasteiger partial charge is 0.331 e. The zero-order valence-corrected chi connectivity index (χ0v) is 16.5. The van der Waals surface area contributed by atoms with Crippen molar-refractivity contribution in [3.63, 3.8) is 0 Å². The van der Waals surface area contributed by atoms with Crippen molar-refractivity contribution in [1.82, 2.24) is 14.5 Å². The standard InChI is InChI=1S/C23H25N3O3/c1-18(12-13-19-8-4-2-5-9-19)24-21(27)17-26-22(28)14-15-25(23(26)29)16-20-10-6-3-7-11-20/h2-11,14-15,18H,12-13,16-17H2,1H3,(H,24,27)/t18-/m1/s1. The Morgan fingerprint density at radius 1 is 0.931 bits per heavy atom. The van der Waals surface area contributed by atoms with Gasteiger partial charge in [-0.1, -0.05) is 60.7 Å². The Morgan fingerprint density at radius 3 is 2.21 bits per heavy atom. The lowest BCUT2D eigenvalue weighted by atomic mass is 10.1. The molecule has 150 valence electrons. The molecule has 1 atom stereocenters. The summed E-state index contributed by atoms with van der Waals surface area (Å²) in [6.07, 6.45) is 3.09. The van der Waals surface area contributed by atoms with Gasteiger partial charge in [-0.15, -0.1) is 0 Å². The number of carbonyl (C=O) groups is 1. The Labute approximate surface area is 169 Å². The first-order valence-corrected chi connectivity index (χ1v) is 9.70. The van der Waals surface area contributed by atoms with E-state index < -0.39 is 11.2 Å². The summed E-state index contributed by atoms with van der Waals surface area (Å²) >= 11 is 0. The summed E-state index contributed by atoms with van der Waals surface area (Å²) in [4.78, 5) is 37.2. The number of hydrogen-bond acceptors (Lipinski definition) is 3. The van der Waals surface area contributed by atoms with Crippen LogP contribution >= 0.6 is 0 Å². The predicted octanol–water partition coefficient (Wildman–Crippen LogP) is 2.20. The molecule has 3 rings (SSSR count). The van der Waals surface area contributed by atoms with Gasteiger partial charge in [-0.25, -0.2) is 4.79 Å². The molecule has 0 aliphatic heterocycles. The summed E-state index contributed by atoms with van der Waals surface area (Å²) in [6, 6.07) is 20.8. The Kier molecular flexibility index (Phi) is 6.79. The molecule has 2 aromatic carbocycles. The maximum absolute atomic E-state index is 12.7. The highest BCUT2D eigenvalue weighted by Crippen LogP contribution is 2.05. The zero-order valence-electron chi connectivity index (χ0n) is 16.5. The van der Waals surface area contributed by atoms with Crippen LogP contribution in [0.3, 0.4) is 0 Å². The van der Waals surface area contributed by atoms with E-state index in [4.69, 9.17) is 0 Å². The molecule has 1 aromatic heterocycles. The van der Waals surface area contributed by atoms with Crippen LogP contribution in [0.1, 0.15) is 24.5 Å². The fraction of sp³-hybridized carbons (Fsp3) is 0.261. The van der Waals surface area contributed by atoms with Gasteiger partial charge < -0.3 is 5.32 Å². The van der Waals surface area contributed by atoms with Crippen LogP contribution in [-0.4, -0.2) is 21.1 Å². The SMILES string of the molecule is C[C@H](CCc1ccccc1)NC(=O)Cn1c(=O)ccn(Cc2ccccc2)c1=O. The van der Waals surface area contributed by atoms with Gasteiger partial charge in [-0.2, -0.15) is 0 Å². The molecule has 1 amide bonds. The van der Waals surface area contributed by atoms with Crippen molar-refractivity contribution in [2.24, 2.45) is 0 Å². The molecular weight excluding hydrogens is 366 g/mol. The third-order valence-electron chi connectivity index (χ3n) is 4.75. The van der Waals surface area contributed by atoms with Crippen molar-refractivity contribution in [2.75, 3.05) is 0 Å². The molecule has 0 radical (unpaired) electrons. The van der Waals surface area contributed by atoms with Gasteiger partial charge in [0.05, 0.1) is 6.54 Å². The number of nitrogens with zero attached hydrogens (tertiary/aromatic N) is 2. The third kappa shape index (κ3) is 5.78. The van der Waals surface area contributed by atoms with Gasteiger partial charge in [0.25, 0.3) is 5.56 Å². The molecule has 0 aliphatic rings. The van der Waals surface area contributed by atoms with E-state index in [1.807, 2.05) is 67.6 Å². The molecule has 0 spiro atoms. The molecule has 0 unspecified atom stereocenters. The molecule has 0 aliphatic carbocycles. The Bertz CT molecular complexity index is 1060. The molecule has 0 saturated carbocycles. The van der Waals surface area contributed by atoms with E-state index in [1.54, 1.807) is 0 Å². The van der Waals surface area contributed by atoms with E-state index >= 15 is 0 Å². The number of rotatable bonds is 8. The second-order valence-corrected chi connectivity index (χ2v) is 7.13. The van der Waals surface area contributed by atoms with Crippen LogP contribution in [0.15, 0.2) is 82.5 Å². The van der Waals surface area contributed by atoms with Crippen LogP contribution in [0.2, 0.25) is 0 Å². The lowest BCUT2D eigenvalue weighted by Crippen LogP contribution is -2.44. The van der Waals surface area contributed by atoms with Crippen molar-refractivity contribution in [3.8, 4) is 0 Å². The molecule has 1 heterocycles. The minimum Gasteiger partial charge on any atom is -0.352 e. The van der Waals surface area contributed by atoms with Crippen LogP contribution in [0.5, 0.6) is 0 Å². The number of carbonyl (C=O) groups excluding carboxylic acids is 1. The maximum Gasteiger partial charge on any atom is 0.331 e. The van der Waals surface area contributed by atoms with Gasteiger partial charge in [0.15, 0.2) is 0 Å². The summed E-state index contributed by atoms with van der Waals surface area (Å²) in [5.41, 5.74) is 1.18. The molecule has 29 heavy (non-hydrogen) atoms. The first kappa shape index (κ1) is 20.3. The fourth-order valence-corrected chi connectivity index (χ4v) is 3.17. The molecule has 6 nitrogen and oxygen atoms in total. The van der Waals surface area contributed by atoms with Gasteiger partial charge in [0.1, 0.15) is 6.54 Å². The molecule has 1 N–H and O–H groups in total. The highest BCUT2D eigenvalue weighted by atomic mass is 16.2. The summed E-state index contributed by atoms with van der Waals surface area (Å²) in [6.45, 7) is 1.97. The van der Waals surface area contributed by atoms with Crippen LogP contribution < -0.4 is 16.6 Å². The van der Waals surface area contributed by atoms with E-state index in [0.717, 1.165) is 23.0 Å². The van der Waals surface area contributed by atoms with Gasteiger partial charge in [0, 0.05) is 18.3 Å². The maximum atomic E-state index is 12.7. The number of aromatic nitrogens is 2. The van der Waals surface area contributed by atoms with Crippen molar-refractivity contribution in [2.45, 2.75) is 38.9 Å². The number of amides is 1. The molecular formula is C23H25N3O3. The summed E-state index contributed by atoms with van der Waals surface area (Å²) in [7, 11) is 0.